The van der Waals surface area contributed by atoms with Gasteiger partial charge in [0.25, 0.3) is 0 Å². The summed E-state index contributed by atoms with van der Waals surface area (Å²) < 4.78 is 38.9. The third-order valence-corrected chi connectivity index (χ3v) is 4.68. The van der Waals surface area contributed by atoms with Crippen molar-refractivity contribution in [3.05, 3.63) is 15.6 Å². The van der Waals surface area contributed by atoms with Gasteiger partial charge in [0.1, 0.15) is 0 Å². The minimum Gasteiger partial charge on any atom is -0.312 e. The molecule has 0 amide bonds. The van der Waals surface area contributed by atoms with E-state index in [0.29, 0.717) is 9.88 Å². The van der Waals surface area contributed by atoms with Crippen molar-refractivity contribution in [1.82, 2.24) is 10.3 Å². The second kappa shape index (κ2) is 5.05. The maximum Gasteiger partial charge on any atom is 0.434 e. The number of rotatable bonds is 5. The number of hydrogen-bond acceptors (Lipinski definition) is 3. The van der Waals surface area contributed by atoms with E-state index in [1.54, 1.807) is 0 Å². The molecule has 0 aliphatic heterocycles. The monoisotopic (exact) mass is 292 g/mol. The van der Waals surface area contributed by atoms with Crippen molar-refractivity contribution in [2.75, 3.05) is 6.54 Å². The van der Waals surface area contributed by atoms with Crippen LogP contribution in [-0.4, -0.2) is 11.5 Å². The van der Waals surface area contributed by atoms with Crippen LogP contribution in [0.3, 0.4) is 0 Å². The van der Waals surface area contributed by atoms with Gasteiger partial charge in [0.2, 0.25) is 0 Å². The minimum atomic E-state index is -4.35. The average molecular weight is 292 g/mol. The van der Waals surface area contributed by atoms with Crippen molar-refractivity contribution in [3.8, 4) is 0 Å². The normalized spacial score (nSPS) is 21.7. The maximum absolute atomic E-state index is 13.0. The van der Waals surface area contributed by atoms with Crippen LogP contribution < -0.4 is 5.32 Å². The Hall–Kier alpha value is -0.620. The van der Waals surface area contributed by atoms with Crippen LogP contribution in [0.5, 0.6) is 0 Å². The Morgan fingerprint density at radius 1 is 1.42 bits per heavy atom. The third kappa shape index (κ3) is 3.28. The summed E-state index contributed by atoms with van der Waals surface area (Å²) in [5.41, 5.74) is -0.590. The lowest BCUT2D eigenvalue weighted by Gasteiger charge is -2.06. The largest absolute Gasteiger partial charge is 0.434 e. The Labute approximate surface area is 115 Å². The van der Waals surface area contributed by atoms with Gasteiger partial charge < -0.3 is 5.32 Å². The highest BCUT2D eigenvalue weighted by atomic mass is 32.1. The van der Waals surface area contributed by atoms with Crippen molar-refractivity contribution < 1.29 is 13.2 Å². The Morgan fingerprint density at radius 2 is 2.05 bits per heavy atom. The van der Waals surface area contributed by atoms with Crippen molar-refractivity contribution in [2.24, 2.45) is 5.41 Å². The molecule has 1 heterocycles. The highest BCUT2D eigenvalue weighted by Gasteiger charge is 2.50. The molecule has 1 unspecified atom stereocenters. The van der Waals surface area contributed by atoms with Gasteiger partial charge in [0, 0.05) is 12.5 Å². The van der Waals surface area contributed by atoms with Crippen LogP contribution in [0.4, 0.5) is 13.2 Å². The van der Waals surface area contributed by atoms with Crippen LogP contribution in [0.25, 0.3) is 0 Å². The van der Waals surface area contributed by atoms with Crippen LogP contribution in [0.15, 0.2) is 0 Å². The third-order valence-electron chi connectivity index (χ3n) is 3.51. The zero-order valence-electron chi connectivity index (χ0n) is 11.4. The lowest BCUT2D eigenvalue weighted by Crippen LogP contribution is -2.17. The predicted molar refractivity (Wildman–Crippen MR) is 70.3 cm³/mol. The molecule has 1 N–H and O–H groups in total. The first-order valence-electron chi connectivity index (χ1n) is 6.53. The average Bonchev–Trinajstić information content (AvgIpc) is 2.73. The van der Waals surface area contributed by atoms with Crippen molar-refractivity contribution in [2.45, 2.75) is 52.3 Å². The summed E-state index contributed by atoms with van der Waals surface area (Å²) >= 11 is 1.22. The van der Waals surface area contributed by atoms with E-state index in [1.807, 2.05) is 6.92 Å². The van der Waals surface area contributed by atoms with Gasteiger partial charge in [0.05, 0.1) is 9.88 Å². The first-order chi connectivity index (χ1) is 8.75. The SMILES string of the molecule is CCCNCc1sc(C2CC2(C)C)nc1C(F)(F)F. The molecule has 0 spiro atoms. The van der Waals surface area contributed by atoms with E-state index < -0.39 is 11.9 Å². The number of alkyl halides is 3. The molecule has 0 bridgehead atoms. The Morgan fingerprint density at radius 3 is 2.53 bits per heavy atom. The quantitative estimate of drug-likeness (QED) is 0.824. The van der Waals surface area contributed by atoms with Crippen molar-refractivity contribution in [3.63, 3.8) is 0 Å². The number of aromatic nitrogens is 1. The summed E-state index contributed by atoms with van der Waals surface area (Å²) in [5, 5.41) is 3.67. The van der Waals surface area contributed by atoms with Gasteiger partial charge >= 0.3 is 6.18 Å². The molecule has 0 aromatic carbocycles. The Bertz CT molecular complexity index is 451. The molecular weight excluding hydrogens is 273 g/mol. The van der Waals surface area contributed by atoms with E-state index in [1.165, 1.54) is 11.3 Å². The van der Waals surface area contributed by atoms with E-state index in [9.17, 15) is 13.2 Å². The van der Waals surface area contributed by atoms with E-state index in [4.69, 9.17) is 0 Å². The van der Waals surface area contributed by atoms with E-state index in [-0.39, 0.29) is 17.9 Å². The molecular formula is C13H19F3N2S. The van der Waals surface area contributed by atoms with Gasteiger partial charge in [-0.25, -0.2) is 4.98 Å². The van der Waals surface area contributed by atoms with Crippen molar-refractivity contribution >= 4 is 11.3 Å². The number of nitrogens with zero attached hydrogens (tertiary/aromatic N) is 1. The first kappa shape index (κ1) is 14.8. The summed E-state index contributed by atoms with van der Waals surface area (Å²) in [6.07, 6.45) is -2.51. The molecule has 2 nitrogen and oxygen atoms in total. The highest BCUT2D eigenvalue weighted by molar-refractivity contribution is 7.11. The molecule has 1 fully saturated rings. The second-order valence-electron chi connectivity index (χ2n) is 5.74. The lowest BCUT2D eigenvalue weighted by atomic mass is 10.1. The fourth-order valence-corrected chi connectivity index (χ4v) is 3.49. The van der Waals surface area contributed by atoms with E-state index in [2.05, 4.69) is 24.1 Å². The second-order valence-corrected chi connectivity index (χ2v) is 6.86. The van der Waals surface area contributed by atoms with Crippen LogP contribution in [0, 0.1) is 5.41 Å². The molecule has 19 heavy (non-hydrogen) atoms. The first-order valence-corrected chi connectivity index (χ1v) is 7.35. The number of halogens is 3. The predicted octanol–water partition coefficient (Wildman–Crippen LogP) is 4.18. The standard InChI is InChI=1S/C13H19F3N2S/c1-4-5-17-7-9-10(13(14,15)16)18-11(19-9)8-6-12(8,2)3/h8,17H,4-7H2,1-3H3. The molecule has 1 atom stereocenters. The fourth-order valence-electron chi connectivity index (χ4n) is 2.13. The van der Waals surface area contributed by atoms with Gasteiger partial charge in [-0.2, -0.15) is 13.2 Å². The summed E-state index contributed by atoms with van der Waals surface area (Å²) in [6.45, 7) is 7.11. The van der Waals surface area contributed by atoms with Gasteiger partial charge in [-0.15, -0.1) is 11.3 Å². The maximum atomic E-state index is 13.0. The van der Waals surface area contributed by atoms with Gasteiger partial charge in [-0.3, -0.25) is 0 Å². The molecule has 1 aromatic heterocycles. The molecule has 1 aromatic rings. The molecule has 0 saturated heterocycles. The Kier molecular flexibility index (Phi) is 3.93. The number of nitrogens with one attached hydrogen (secondary N) is 1. The van der Waals surface area contributed by atoms with Crippen LogP contribution in [0.1, 0.15) is 55.1 Å². The summed E-state index contributed by atoms with van der Waals surface area (Å²) in [4.78, 5) is 4.19. The van der Waals surface area contributed by atoms with Crippen LogP contribution in [0.2, 0.25) is 0 Å². The topological polar surface area (TPSA) is 24.9 Å². The van der Waals surface area contributed by atoms with Crippen LogP contribution >= 0.6 is 11.3 Å². The summed E-state index contributed by atoms with van der Waals surface area (Å²) in [7, 11) is 0. The molecule has 1 aliphatic carbocycles. The van der Waals surface area contributed by atoms with Gasteiger partial charge in [-0.05, 0) is 24.8 Å². The lowest BCUT2D eigenvalue weighted by molar-refractivity contribution is -0.141. The molecule has 2 rings (SSSR count). The van der Waals surface area contributed by atoms with Gasteiger partial charge in [-0.1, -0.05) is 20.8 Å². The number of thiazole rings is 1. The summed E-state index contributed by atoms with van der Waals surface area (Å²) in [5.74, 6) is 0.193. The Balaban J connectivity index is 2.20. The van der Waals surface area contributed by atoms with Crippen LogP contribution in [-0.2, 0) is 12.7 Å². The van der Waals surface area contributed by atoms with E-state index >= 15 is 0 Å². The number of hydrogen-bond donors (Lipinski definition) is 1. The zero-order valence-corrected chi connectivity index (χ0v) is 12.2. The smallest absolute Gasteiger partial charge is 0.312 e. The zero-order chi connectivity index (χ0) is 14.3. The molecule has 6 heteroatoms. The van der Waals surface area contributed by atoms with Crippen molar-refractivity contribution in [1.29, 1.82) is 0 Å². The molecule has 1 aliphatic rings. The molecule has 0 radical (unpaired) electrons. The molecule has 108 valence electrons. The fraction of sp³-hybridized carbons (Fsp3) is 0.769. The summed E-state index contributed by atoms with van der Waals surface area (Å²) in [6, 6.07) is 0. The van der Waals surface area contributed by atoms with E-state index in [0.717, 1.165) is 19.4 Å². The molecule has 1 saturated carbocycles. The minimum absolute atomic E-state index is 0.106. The van der Waals surface area contributed by atoms with Gasteiger partial charge in [0.15, 0.2) is 5.69 Å². The highest BCUT2D eigenvalue weighted by Crippen LogP contribution is 2.59.